The van der Waals surface area contributed by atoms with Gasteiger partial charge in [0.15, 0.2) is 16.8 Å². The Bertz CT molecular complexity index is 1100. The first-order chi connectivity index (χ1) is 15.5. The predicted octanol–water partition coefficient (Wildman–Crippen LogP) is 3.99. The number of ketones is 1. The highest BCUT2D eigenvalue weighted by Gasteiger charge is 2.14. The molecule has 0 aliphatic heterocycles. The number of thioether (sulfide) groups is 1. The number of carbonyl (C=O) groups excluding carboxylic acids is 2. The van der Waals surface area contributed by atoms with Gasteiger partial charge in [-0.05, 0) is 43.3 Å². The highest BCUT2D eigenvalue weighted by Crippen LogP contribution is 2.21. The Morgan fingerprint density at radius 3 is 2.59 bits per heavy atom. The summed E-state index contributed by atoms with van der Waals surface area (Å²) in [4.78, 5) is 23.9. The smallest absolute Gasteiger partial charge is 0.234 e. The number of carbonyl (C=O) groups is 2. The summed E-state index contributed by atoms with van der Waals surface area (Å²) < 4.78 is 12.8. The molecule has 0 fully saturated rings. The van der Waals surface area contributed by atoms with Crippen LogP contribution in [0.2, 0.25) is 0 Å². The maximum Gasteiger partial charge on any atom is 0.234 e. The Kier molecular flexibility index (Phi) is 8.04. The molecule has 1 amide bonds. The number of ether oxygens (including phenoxy) is 2. The summed E-state index contributed by atoms with van der Waals surface area (Å²) in [6, 6.07) is 14.1. The highest BCUT2D eigenvalue weighted by atomic mass is 32.2. The minimum atomic E-state index is -0.208. The van der Waals surface area contributed by atoms with Gasteiger partial charge in [0, 0.05) is 17.8 Å². The number of benzene rings is 2. The molecule has 0 spiro atoms. The van der Waals surface area contributed by atoms with Gasteiger partial charge >= 0.3 is 0 Å². The van der Waals surface area contributed by atoms with E-state index in [0.717, 1.165) is 5.75 Å². The number of nitrogens with one attached hydrogen (secondary N) is 1. The maximum atomic E-state index is 12.4. The average molecular weight is 453 g/mol. The fourth-order valence-corrected chi connectivity index (χ4v) is 3.57. The second-order valence-electron chi connectivity index (χ2n) is 6.74. The van der Waals surface area contributed by atoms with Crippen LogP contribution in [0.3, 0.4) is 0 Å². The van der Waals surface area contributed by atoms with E-state index in [1.165, 1.54) is 18.7 Å². The molecule has 0 bridgehead atoms. The van der Waals surface area contributed by atoms with Gasteiger partial charge < -0.3 is 14.8 Å². The summed E-state index contributed by atoms with van der Waals surface area (Å²) in [5, 5.41) is 11.8. The van der Waals surface area contributed by atoms with Crippen LogP contribution < -0.4 is 14.8 Å². The van der Waals surface area contributed by atoms with E-state index < -0.39 is 0 Å². The topological polar surface area (TPSA) is 95.3 Å². The van der Waals surface area contributed by atoms with E-state index in [1.54, 1.807) is 37.5 Å². The van der Waals surface area contributed by atoms with Crippen LogP contribution in [0.5, 0.6) is 11.5 Å². The third kappa shape index (κ3) is 6.21. The van der Waals surface area contributed by atoms with Crippen LogP contribution in [-0.2, 0) is 17.9 Å². The van der Waals surface area contributed by atoms with Gasteiger partial charge in [-0.15, -0.1) is 16.8 Å². The Hall–Kier alpha value is -3.59. The first-order valence-electron chi connectivity index (χ1n) is 9.83. The maximum absolute atomic E-state index is 12.4. The third-order valence-corrected chi connectivity index (χ3v) is 5.38. The van der Waals surface area contributed by atoms with Crippen molar-refractivity contribution in [3.63, 3.8) is 0 Å². The molecular weight excluding hydrogens is 428 g/mol. The van der Waals surface area contributed by atoms with Gasteiger partial charge in [0.2, 0.25) is 5.91 Å². The lowest BCUT2D eigenvalue weighted by molar-refractivity contribution is -0.113. The van der Waals surface area contributed by atoms with E-state index in [9.17, 15) is 9.59 Å². The van der Waals surface area contributed by atoms with E-state index in [2.05, 4.69) is 22.1 Å². The van der Waals surface area contributed by atoms with E-state index >= 15 is 0 Å². The molecule has 0 saturated heterocycles. The fourth-order valence-electron chi connectivity index (χ4n) is 2.81. The summed E-state index contributed by atoms with van der Waals surface area (Å²) in [5.74, 6) is 1.92. The van der Waals surface area contributed by atoms with Gasteiger partial charge in [-0.25, -0.2) is 0 Å². The number of anilines is 1. The lowest BCUT2D eigenvalue weighted by Crippen LogP contribution is -2.15. The molecule has 166 valence electrons. The number of amides is 1. The molecule has 2 aromatic carbocycles. The molecule has 32 heavy (non-hydrogen) atoms. The van der Waals surface area contributed by atoms with Crippen LogP contribution in [0, 0.1) is 0 Å². The number of aromatic nitrogens is 3. The van der Waals surface area contributed by atoms with Gasteiger partial charge in [0.05, 0.1) is 12.9 Å². The molecule has 0 radical (unpaired) electrons. The third-order valence-electron chi connectivity index (χ3n) is 4.42. The molecule has 0 atom stereocenters. The number of nitrogens with zero attached hydrogens (tertiary/aromatic N) is 3. The van der Waals surface area contributed by atoms with E-state index in [1.807, 2.05) is 28.8 Å². The average Bonchev–Trinajstić information content (AvgIpc) is 3.18. The molecule has 3 rings (SSSR count). The Morgan fingerprint density at radius 2 is 1.91 bits per heavy atom. The SMILES string of the molecule is C=CCn1c(COc2ccc(OC)cc2)nnc1SCC(=O)Nc1cccc(C(C)=O)c1. The Balaban J connectivity index is 1.60. The van der Waals surface area contributed by atoms with Crippen LogP contribution in [0.25, 0.3) is 0 Å². The van der Waals surface area contributed by atoms with Crippen LogP contribution in [0.1, 0.15) is 23.1 Å². The molecule has 0 aliphatic carbocycles. The first-order valence-corrected chi connectivity index (χ1v) is 10.8. The van der Waals surface area contributed by atoms with E-state index in [4.69, 9.17) is 9.47 Å². The lowest BCUT2D eigenvalue weighted by Gasteiger charge is -2.10. The largest absolute Gasteiger partial charge is 0.497 e. The molecule has 3 aromatic rings. The molecule has 1 heterocycles. The summed E-state index contributed by atoms with van der Waals surface area (Å²) >= 11 is 1.26. The van der Waals surface area contributed by atoms with Crippen LogP contribution >= 0.6 is 11.8 Å². The zero-order chi connectivity index (χ0) is 22.9. The second-order valence-corrected chi connectivity index (χ2v) is 7.68. The molecule has 0 saturated carbocycles. The summed E-state index contributed by atoms with van der Waals surface area (Å²) in [6.07, 6.45) is 1.73. The highest BCUT2D eigenvalue weighted by molar-refractivity contribution is 7.99. The molecular formula is C23H24N4O4S. The van der Waals surface area contributed by atoms with Crippen molar-refractivity contribution in [2.45, 2.75) is 25.2 Å². The van der Waals surface area contributed by atoms with Crippen LogP contribution in [0.15, 0.2) is 66.3 Å². The quantitative estimate of drug-likeness (QED) is 0.267. The number of hydrogen-bond donors (Lipinski definition) is 1. The van der Waals surface area contributed by atoms with Crippen molar-refractivity contribution in [2.75, 3.05) is 18.2 Å². The van der Waals surface area contributed by atoms with E-state index in [0.29, 0.717) is 34.5 Å². The number of rotatable bonds is 11. The molecule has 0 aliphatic rings. The normalized spacial score (nSPS) is 10.4. The zero-order valence-corrected chi connectivity index (χ0v) is 18.7. The molecule has 8 nitrogen and oxygen atoms in total. The van der Waals surface area contributed by atoms with Crippen molar-refractivity contribution in [2.24, 2.45) is 0 Å². The lowest BCUT2D eigenvalue weighted by atomic mass is 10.1. The van der Waals surface area contributed by atoms with Crippen molar-refractivity contribution >= 4 is 29.1 Å². The second kappa shape index (κ2) is 11.1. The Morgan fingerprint density at radius 1 is 1.16 bits per heavy atom. The molecule has 0 unspecified atom stereocenters. The zero-order valence-electron chi connectivity index (χ0n) is 17.9. The number of hydrogen-bond acceptors (Lipinski definition) is 7. The monoisotopic (exact) mass is 452 g/mol. The summed E-state index contributed by atoms with van der Waals surface area (Å²) in [6.45, 7) is 5.97. The predicted molar refractivity (Wildman–Crippen MR) is 123 cm³/mol. The molecule has 9 heteroatoms. The summed E-state index contributed by atoms with van der Waals surface area (Å²) in [7, 11) is 1.61. The number of Topliss-reactive ketones (excluding diaryl/α,β-unsaturated/α-hetero) is 1. The van der Waals surface area contributed by atoms with Gasteiger partial charge in [0.1, 0.15) is 18.1 Å². The van der Waals surface area contributed by atoms with Crippen LogP contribution in [0.4, 0.5) is 5.69 Å². The first kappa shape index (κ1) is 23.1. The minimum absolute atomic E-state index is 0.0580. The fraction of sp³-hybridized carbons (Fsp3) is 0.217. The van der Waals surface area contributed by atoms with Crippen molar-refractivity contribution < 1.29 is 19.1 Å². The van der Waals surface area contributed by atoms with Gasteiger partial charge in [-0.1, -0.05) is 30.0 Å². The molecule has 1 N–H and O–H groups in total. The van der Waals surface area contributed by atoms with Gasteiger partial charge in [-0.2, -0.15) is 0 Å². The van der Waals surface area contributed by atoms with Gasteiger partial charge in [-0.3, -0.25) is 14.2 Å². The van der Waals surface area contributed by atoms with Crippen molar-refractivity contribution in [3.05, 3.63) is 72.6 Å². The van der Waals surface area contributed by atoms with Crippen molar-refractivity contribution in [3.8, 4) is 11.5 Å². The number of methoxy groups -OCH3 is 1. The standard InChI is InChI=1S/C23H24N4O4S/c1-4-12-27-21(14-31-20-10-8-19(30-3)9-11-20)25-26-23(27)32-15-22(29)24-18-7-5-6-17(13-18)16(2)28/h4-11,13H,1,12,14-15H2,2-3H3,(H,24,29). The van der Waals surface area contributed by atoms with Gasteiger partial charge in [0.25, 0.3) is 0 Å². The van der Waals surface area contributed by atoms with Crippen LogP contribution in [-0.4, -0.2) is 39.3 Å². The van der Waals surface area contributed by atoms with Crippen molar-refractivity contribution in [1.82, 2.24) is 14.8 Å². The Labute approximate surface area is 190 Å². The van der Waals surface area contributed by atoms with E-state index in [-0.39, 0.29) is 24.1 Å². The minimum Gasteiger partial charge on any atom is -0.497 e. The van der Waals surface area contributed by atoms with Crippen molar-refractivity contribution in [1.29, 1.82) is 0 Å². The number of allylic oxidation sites excluding steroid dienone is 1. The summed E-state index contributed by atoms with van der Waals surface area (Å²) in [5.41, 5.74) is 1.12. The molecule has 1 aromatic heterocycles.